The molecule has 1 atom stereocenters. The Bertz CT molecular complexity index is 1550. The van der Waals surface area contributed by atoms with Crippen molar-refractivity contribution in [1.29, 1.82) is 0 Å². The summed E-state index contributed by atoms with van der Waals surface area (Å²) in [5, 5.41) is 22.7. The third kappa shape index (κ3) is 4.63. The average molecular weight is 510 g/mol. The molecule has 0 fully saturated rings. The number of para-hydroxylation sites is 1. The van der Waals surface area contributed by atoms with E-state index in [1.165, 1.54) is 17.8 Å². The zero-order valence-electron chi connectivity index (χ0n) is 21.5. The van der Waals surface area contributed by atoms with Crippen LogP contribution >= 0.6 is 0 Å². The Morgan fingerprint density at radius 3 is 2.47 bits per heavy atom. The third-order valence-corrected chi connectivity index (χ3v) is 6.45. The summed E-state index contributed by atoms with van der Waals surface area (Å²) < 4.78 is 1.54. The fraction of sp³-hybridized carbons (Fsp3) is 0.214. The van der Waals surface area contributed by atoms with Crippen LogP contribution in [-0.4, -0.2) is 30.6 Å². The first-order valence-corrected chi connectivity index (χ1v) is 12.1. The smallest absolute Gasteiger partial charge is 0.275 e. The van der Waals surface area contributed by atoms with Crippen LogP contribution in [0.2, 0.25) is 0 Å². The van der Waals surface area contributed by atoms with E-state index in [2.05, 4.69) is 41.4 Å². The summed E-state index contributed by atoms with van der Waals surface area (Å²) in [7, 11) is 0. The number of carbonyl (C=O) groups excluding carboxylic acids is 1. The highest BCUT2D eigenvalue weighted by Crippen LogP contribution is 2.40. The van der Waals surface area contributed by atoms with Crippen LogP contribution in [0.5, 0.6) is 0 Å². The summed E-state index contributed by atoms with van der Waals surface area (Å²) in [5.74, 6) is 0.403. The van der Waals surface area contributed by atoms with Crippen molar-refractivity contribution in [2.75, 3.05) is 10.6 Å². The number of carbonyl (C=O) groups is 1. The van der Waals surface area contributed by atoms with Gasteiger partial charge in [0.1, 0.15) is 6.04 Å². The lowest BCUT2D eigenvalue weighted by molar-refractivity contribution is -0.385. The second-order valence-electron chi connectivity index (χ2n) is 10.1. The SMILES string of the molecule is CC1=C(C(=O)Nc2cccnc2)C(c2ccccc2[N+](=O)[O-])n2nc(-c3ccc(C(C)(C)C)cc3)nc2N1. The van der Waals surface area contributed by atoms with Gasteiger partial charge in [0.15, 0.2) is 5.82 Å². The molecule has 4 aromatic rings. The number of benzene rings is 2. The molecule has 0 aliphatic carbocycles. The number of nitro benzene ring substituents is 1. The van der Waals surface area contributed by atoms with E-state index in [1.54, 1.807) is 48.1 Å². The molecule has 0 spiro atoms. The van der Waals surface area contributed by atoms with Crippen molar-refractivity contribution < 1.29 is 9.72 Å². The number of fused-ring (bicyclic) bond motifs is 1. The summed E-state index contributed by atoms with van der Waals surface area (Å²) in [6, 6.07) is 16.9. The Kier molecular flexibility index (Phi) is 6.23. The Balaban J connectivity index is 1.62. The lowest BCUT2D eigenvalue weighted by Crippen LogP contribution is -2.32. The molecule has 2 N–H and O–H groups in total. The van der Waals surface area contributed by atoms with Gasteiger partial charge in [0, 0.05) is 23.5 Å². The Labute approximate surface area is 219 Å². The summed E-state index contributed by atoms with van der Waals surface area (Å²) in [5.41, 5.74) is 3.49. The lowest BCUT2D eigenvalue weighted by Gasteiger charge is -2.28. The number of nitrogens with one attached hydrogen (secondary N) is 2. The van der Waals surface area contributed by atoms with Gasteiger partial charge >= 0.3 is 0 Å². The molecule has 10 heteroatoms. The first-order chi connectivity index (χ1) is 18.1. The van der Waals surface area contributed by atoms with Crippen LogP contribution in [0.3, 0.4) is 0 Å². The van der Waals surface area contributed by atoms with Crippen molar-refractivity contribution in [3.05, 3.63) is 106 Å². The molecule has 192 valence electrons. The number of nitro groups is 1. The summed E-state index contributed by atoms with van der Waals surface area (Å²) in [4.78, 5) is 33.9. The maximum atomic E-state index is 13.6. The van der Waals surface area contributed by atoms with Gasteiger partial charge in [0.2, 0.25) is 5.95 Å². The molecular weight excluding hydrogens is 482 g/mol. The second-order valence-corrected chi connectivity index (χ2v) is 10.1. The van der Waals surface area contributed by atoms with Crippen LogP contribution in [0.15, 0.2) is 84.3 Å². The number of anilines is 2. The standard InChI is InChI=1S/C28H27N7O3/c1-17-23(26(36)31-20-8-7-15-29-16-20)24(21-9-5-6-10-22(21)35(37)38)34-27(30-17)32-25(33-34)18-11-13-19(14-12-18)28(2,3)4/h5-16,24H,1-4H3,(H,31,36)(H,30,32,33). The van der Waals surface area contributed by atoms with E-state index in [0.717, 1.165) is 5.56 Å². The van der Waals surface area contributed by atoms with Gasteiger partial charge in [-0.1, -0.05) is 57.2 Å². The van der Waals surface area contributed by atoms with Gasteiger partial charge in [-0.3, -0.25) is 19.9 Å². The molecule has 1 aliphatic heterocycles. The Morgan fingerprint density at radius 2 is 1.82 bits per heavy atom. The van der Waals surface area contributed by atoms with Crippen LogP contribution < -0.4 is 10.6 Å². The number of rotatable bonds is 5. The van der Waals surface area contributed by atoms with Crippen molar-refractivity contribution in [3.63, 3.8) is 0 Å². The number of allylic oxidation sites excluding steroid dienone is 1. The van der Waals surface area contributed by atoms with Crippen LogP contribution in [0.1, 0.15) is 44.9 Å². The van der Waals surface area contributed by atoms with E-state index < -0.39 is 16.9 Å². The monoisotopic (exact) mass is 509 g/mol. The second kappa shape index (κ2) is 9.55. The van der Waals surface area contributed by atoms with Gasteiger partial charge in [-0.05, 0) is 36.1 Å². The normalized spacial score (nSPS) is 15.0. The molecule has 38 heavy (non-hydrogen) atoms. The fourth-order valence-corrected chi connectivity index (χ4v) is 4.49. The van der Waals surface area contributed by atoms with Gasteiger partial charge < -0.3 is 10.6 Å². The molecule has 10 nitrogen and oxygen atoms in total. The van der Waals surface area contributed by atoms with E-state index in [-0.39, 0.29) is 16.7 Å². The maximum Gasteiger partial charge on any atom is 0.275 e. The first kappa shape index (κ1) is 24.8. The molecule has 3 heterocycles. The maximum absolute atomic E-state index is 13.6. The predicted molar refractivity (Wildman–Crippen MR) is 145 cm³/mol. The van der Waals surface area contributed by atoms with E-state index in [9.17, 15) is 14.9 Å². The van der Waals surface area contributed by atoms with Crippen molar-refractivity contribution in [2.45, 2.75) is 39.2 Å². The molecule has 0 saturated carbocycles. The predicted octanol–water partition coefficient (Wildman–Crippen LogP) is 5.47. The van der Waals surface area contributed by atoms with Crippen LogP contribution in [-0.2, 0) is 10.2 Å². The highest BCUT2D eigenvalue weighted by Gasteiger charge is 2.38. The first-order valence-electron chi connectivity index (χ1n) is 12.1. The van der Waals surface area contributed by atoms with Crippen LogP contribution in [0, 0.1) is 10.1 Å². The molecule has 1 aliphatic rings. The van der Waals surface area contributed by atoms with E-state index in [0.29, 0.717) is 28.7 Å². The molecule has 1 unspecified atom stereocenters. The number of pyridine rings is 1. The zero-order chi connectivity index (χ0) is 27.0. The largest absolute Gasteiger partial charge is 0.328 e. The molecule has 0 radical (unpaired) electrons. The van der Waals surface area contributed by atoms with Crippen LogP contribution in [0.4, 0.5) is 17.3 Å². The number of hydrogen-bond acceptors (Lipinski definition) is 7. The number of aromatic nitrogens is 4. The van der Waals surface area contributed by atoms with Crippen molar-refractivity contribution in [3.8, 4) is 11.4 Å². The van der Waals surface area contributed by atoms with Crippen molar-refractivity contribution in [2.24, 2.45) is 0 Å². The molecule has 0 bridgehead atoms. The van der Waals surface area contributed by atoms with Gasteiger partial charge in [0.25, 0.3) is 11.6 Å². The topological polar surface area (TPSA) is 128 Å². The van der Waals surface area contributed by atoms with E-state index in [1.807, 2.05) is 24.3 Å². The fourth-order valence-electron chi connectivity index (χ4n) is 4.49. The summed E-state index contributed by atoms with van der Waals surface area (Å²) >= 11 is 0. The minimum atomic E-state index is -0.889. The summed E-state index contributed by atoms with van der Waals surface area (Å²) in [6.45, 7) is 8.17. The van der Waals surface area contributed by atoms with E-state index >= 15 is 0 Å². The average Bonchev–Trinajstić information content (AvgIpc) is 3.31. The molecule has 2 aromatic carbocycles. The highest BCUT2D eigenvalue weighted by molar-refractivity contribution is 6.06. The quantitative estimate of drug-likeness (QED) is 0.269. The molecule has 2 aromatic heterocycles. The van der Waals surface area contributed by atoms with Gasteiger partial charge in [-0.15, -0.1) is 5.10 Å². The van der Waals surface area contributed by atoms with Crippen LogP contribution in [0.25, 0.3) is 11.4 Å². The minimum Gasteiger partial charge on any atom is -0.328 e. The van der Waals surface area contributed by atoms with E-state index in [4.69, 9.17) is 5.10 Å². The molecule has 0 saturated heterocycles. The van der Waals surface area contributed by atoms with Gasteiger partial charge in [-0.2, -0.15) is 4.98 Å². The number of hydrogen-bond donors (Lipinski definition) is 2. The lowest BCUT2D eigenvalue weighted by atomic mass is 9.87. The zero-order valence-corrected chi connectivity index (χ0v) is 21.5. The van der Waals surface area contributed by atoms with Crippen molar-refractivity contribution in [1.82, 2.24) is 19.7 Å². The Morgan fingerprint density at radius 1 is 1.08 bits per heavy atom. The van der Waals surface area contributed by atoms with Crippen molar-refractivity contribution >= 4 is 23.2 Å². The molecule has 5 rings (SSSR count). The summed E-state index contributed by atoms with van der Waals surface area (Å²) in [6.07, 6.45) is 3.14. The van der Waals surface area contributed by atoms with Gasteiger partial charge in [0.05, 0.1) is 27.9 Å². The third-order valence-electron chi connectivity index (χ3n) is 6.45. The molecule has 1 amide bonds. The Hall–Kier alpha value is -4.86. The van der Waals surface area contributed by atoms with Gasteiger partial charge in [-0.25, -0.2) is 4.68 Å². The molecular formula is C28H27N7O3. The number of amides is 1. The minimum absolute atomic E-state index is 0.00411. The highest BCUT2D eigenvalue weighted by atomic mass is 16.6. The number of nitrogens with zero attached hydrogens (tertiary/aromatic N) is 5.